The lowest BCUT2D eigenvalue weighted by atomic mass is 10.1. The molecule has 0 fully saturated rings. The van der Waals surface area contributed by atoms with Gasteiger partial charge in [-0.1, -0.05) is 24.3 Å². The molecule has 0 aliphatic heterocycles. The van der Waals surface area contributed by atoms with Crippen LogP contribution in [0.3, 0.4) is 0 Å². The van der Waals surface area contributed by atoms with Crippen LogP contribution >= 0.6 is 11.3 Å². The number of halogens is 1. The van der Waals surface area contributed by atoms with E-state index in [1.54, 1.807) is 46.4 Å². The molecule has 0 aliphatic carbocycles. The topological polar surface area (TPSA) is 42.2 Å². The largest absolute Gasteiger partial charge is 0.365 e. The Morgan fingerprint density at radius 2 is 2.00 bits per heavy atom. The van der Waals surface area contributed by atoms with Crippen LogP contribution in [0.1, 0.15) is 4.88 Å². The summed E-state index contributed by atoms with van der Waals surface area (Å²) in [6.45, 7) is 0.714. The van der Waals surface area contributed by atoms with Crippen LogP contribution in [0.25, 0.3) is 16.8 Å². The highest BCUT2D eigenvalue weighted by Gasteiger charge is 2.13. The standard InChI is InChI=1S/C17H13FN4S/c18-15-6-2-1-5-13(15)14-11-21-22-16(7-8-19-17(14)22)20-10-12-4-3-9-23-12/h1-9,11,20H,10H2. The van der Waals surface area contributed by atoms with Crippen LogP contribution in [0.4, 0.5) is 10.2 Å². The molecule has 1 N–H and O–H groups in total. The lowest BCUT2D eigenvalue weighted by molar-refractivity contribution is 0.631. The van der Waals surface area contributed by atoms with Gasteiger partial charge in [0.1, 0.15) is 11.6 Å². The Morgan fingerprint density at radius 1 is 1.09 bits per heavy atom. The summed E-state index contributed by atoms with van der Waals surface area (Å²) in [4.78, 5) is 5.59. The van der Waals surface area contributed by atoms with E-state index in [1.807, 2.05) is 17.5 Å². The van der Waals surface area contributed by atoms with Gasteiger partial charge in [0, 0.05) is 22.2 Å². The van der Waals surface area contributed by atoms with Crippen molar-refractivity contribution in [1.82, 2.24) is 14.6 Å². The number of aromatic nitrogens is 3. The molecule has 114 valence electrons. The first-order chi connectivity index (χ1) is 11.3. The fourth-order valence-electron chi connectivity index (χ4n) is 2.49. The predicted molar refractivity (Wildman–Crippen MR) is 90.0 cm³/mol. The Morgan fingerprint density at radius 3 is 2.83 bits per heavy atom. The van der Waals surface area contributed by atoms with Crippen molar-refractivity contribution >= 4 is 22.8 Å². The third kappa shape index (κ3) is 2.57. The summed E-state index contributed by atoms with van der Waals surface area (Å²) < 4.78 is 15.7. The van der Waals surface area contributed by atoms with Gasteiger partial charge in [-0.3, -0.25) is 0 Å². The number of anilines is 1. The molecule has 0 atom stereocenters. The van der Waals surface area contributed by atoms with Crippen molar-refractivity contribution in [1.29, 1.82) is 0 Å². The fourth-order valence-corrected chi connectivity index (χ4v) is 3.13. The van der Waals surface area contributed by atoms with Gasteiger partial charge in [0.25, 0.3) is 0 Å². The molecule has 3 aromatic heterocycles. The Kier molecular flexibility index (Phi) is 3.51. The second kappa shape index (κ2) is 5.81. The van der Waals surface area contributed by atoms with Crippen molar-refractivity contribution in [2.75, 3.05) is 5.32 Å². The molecule has 0 aliphatic rings. The maximum absolute atomic E-state index is 14.0. The minimum absolute atomic E-state index is 0.277. The van der Waals surface area contributed by atoms with Crippen LogP contribution in [0, 0.1) is 5.82 Å². The quantitative estimate of drug-likeness (QED) is 0.611. The predicted octanol–water partition coefficient (Wildman–Crippen LogP) is 4.21. The van der Waals surface area contributed by atoms with Crippen LogP contribution in [0.15, 0.2) is 60.2 Å². The summed E-state index contributed by atoms with van der Waals surface area (Å²) in [6, 6.07) is 12.6. The Labute approximate surface area is 136 Å². The van der Waals surface area contributed by atoms with Gasteiger partial charge in [-0.15, -0.1) is 11.3 Å². The average molecular weight is 324 g/mol. The molecule has 4 aromatic rings. The monoisotopic (exact) mass is 324 g/mol. The highest BCUT2D eigenvalue weighted by Crippen LogP contribution is 2.27. The zero-order chi connectivity index (χ0) is 15.6. The van der Waals surface area contributed by atoms with Gasteiger partial charge in [0.15, 0.2) is 5.65 Å². The lowest BCUT2D eigenvalue weighted by Gasteiger charge is -2.07. The first kappa shape index (κ1) is 13.9. The molecule has 0 radical (unpaired) electrons. The molecule has 0 saturated carbocycles. The van der Waals surface area contributed by atoms with Gasteiger partial charge in [-0.05, 0) is 23.6 Å². The molecule has 4 nitrogen and oxygen atoms in total. The normalized spacial score (nSPS) is 11.0. The summed E-state index contributed by atoms with van der Waals surface area (Å²) in [6.07, 6.45) is 3.36. The summed E-state index contributed by atoms with van der Waals surface area (Å²) >= 11 is 1.69. The Bertz CT molecular complexity index is 946. The second-order valence-corrected chi connectivity index (χ2v) is 6.07. The zero-order valence-corrected chi connectivity index (χ0v) is 12.9. The van der Waals surface area contributed by atoms with Gasteiger partial charge in [-0.25, -0.2) is 9.37 Å². The SMILES string of the molecule is Fc1ccccc1-c1cnn2c(NCc3cccs3)ccnc12. The highest BCUT2D eigenvalue weighted by molar-refractivity contribution is 7.09. The summed E-state index contributed by atoms with van der Waals surface area (Å²) in [5, 5.41) is 9.76. The number of hydrogen-bond acceptors (Lipinski definition) is 4. The number of rotatable bonds is 4. The van der Waals surface area contributed by atoms with E-state index in [0.717, 1.165) is 5.82 Å². The number of nitrogens with one attached hydrogen (secondary N) is 1. The minimum Gasteiger partial charge on any atom is -0.365 e. The summed E-state index contributed by atoms with van der Waals surface area (Å²) in [5.41, 5.74) is 1.82. The first-order valence-corrected chi connectivity index (χ1v) is 8.05. The van der Waals surface area contributed by atoms with Crippen molar-refractivity contribution in [2.45, 2.75) is 6.54 Å². The van der Waals surface area contributed by atoms with Crippen LogP contribution in [-0.2, 0) is 6.54 Å². The molecular formula is C17H13FN4S. The summed E-state index contributed by atoms with van der Waals surface area (Å²) in [5.74, 6) is 0.548. The fraction of sp³-hybridized carbons (Fsp3) is 0.0588. The van der Waals surface area contributed by atoms with Crippen LogP contribution < -0.4 is 5.32 Å². The van der Waals surface area contributed by atoms with Crippen LogP contribution in [0.5, 0.6) is 0 Å². The van der Waals surface area contributed by atoms with Gasteiger partial charge >= 0.3 is 0 Å². The third-order valence-electron chi connectivity index (χ3n) is 3.59. The highest BCUT2D eigenvalue weighted by atomic mass is 32.1. The van der Waals surface area contributed by atoms with E-state index >= 15 is 0 Å². The molecule has 0 saturated heterocycles. The number of hydrogen-bond donors (Lipinski definition) is 1. The average Bonchev–Trinajstić information content (AvgIpc) is 3.23. The van der Waals surface area contributed by atoms with Crippen molar-refractivity contribution in [2.24, 2.45) is 0 Å². The number of nitrogens with zero attached hydrogens (tertiary/aromatic N) is 3. The molecule has 0 bridgehead atoms. The van der Waals surface area contributed by atoms with Crippen LogP contribution in [0.2, 0.25) is 0 Å². The van der Waals surface area contributed by atoms with E-state index in [9.17, 15) is 4.39 Å². The second-order valence-electron chi connectivity index (χ2n) is 5.04. The Hall–Kier alpha value is -2.73. The molecule has 0 unspecified atom stereocenters. The van der Waals surface area contributed by atoms with E-state index < -0.39 is 0 Å². The smallest absolute Gasteiger partial charge is 0.165 e. The van der Waals surface area contributed by atoms with Crippen LogP contribution in [-0.4, -0.2) is 14.6 Å². The lowest BCUT2D eigenvalue weighted by Crippen LogP contribution is -2.04. The molecule has 4 rings (SSSR count). The van der Waals surface area contributed by atoms with Crippen molar-refractivity contribution in [3.8, 4) is 11.1 Å². The maximum Gasteiger partial charge on any atom is 0.165 e. The number of benzene rings is 1. The number of thiophene rings is 1. The van der Waals surface area contributed by atoms with Gasteiger partial charge in [0.05, 0.1) is 12.7 Å². The van der Waals surface area contributed by atoms with Gasteiger partial charge < -0.3 is 5.32 Å². The minimum atomic E-state index is -0.277. The number of fused-ring (bicyclic) bond motifs is 1. The zero-order valence-electron chi connectivity index (χ0n) is 12.1. The summed E-state index contributed by atoms with van der Waals surface area (Å²) in [7, 11) is 0. The van der Waals surface area contributed by atoms with Crippen molar-refractivity contribution in [3.05, 3.63) is 70.9 Å². The van der Waals surface area contributed by atoms with E-state index in [-0.39, 0.29) is 5.82 Å². The third-order valence-corrected chi connectivity index (χ3v) is 4.47. The van der Waals surface area contributed by atoms with E-state index in [2.05, 4.69) is 21.5 Å². The van der Waals surface area contributed by atoms with E-state index in [4.69, 9.17) is 0 Å². The van der Waals surface area contributed by atoms with Gasteiger partial charge in [-0.2, -0.15) is 9.61 Å². The van der Waals surface area contributed by atoms with E-state index in [1.165, 1.54) is 10.9 Å². The first-order valence-electron chi connectivity index (χ1n) is 7.17. The molecule has 0 spiro atoms. The Balaban J connectivity index is 1.73. The molecule has 3 heterocycles. The molecule has 23 heavy (non-hydrogen) atoms. The molecule has 0 amide bonds. The van der Waals surface area contributed by atoms with Crippen molar-refractivity contribution < 1.29 is 4.39 Å². The maximum atomic E-state index is 14.0. The molecule has 6 heteroatoms. The van der Waals surface area contributed by atoms with E-state index in [0.29, 0.717) is 23.3 Å². The van der Waals surface area contributed by atoms with Crippen molar-refractivity contribution in [3.63, 3.8) is 0 Å². The molecular weight excluding hydrogens is 311 g/mol. The molecule has 1 aromatic carbocycles. The van der Waals surface area contributed by atoms with Gasteiger partial charge in [0.2, 0.25) is 0 Å².